The Kier molecular flexibility index (Phi) is 9.33. The Morgan fingerprint density at radius 3 is 1.39 bits per heavy atom. The molecule has 0 fully saturated rings. The summed E-state index contributed by atoms with van der Waals surface area (Å²) in [5.41, 5.74) is 15.4. The fourth-order valence-electron chi connectivity index (χ4n) is 9.39. The minimum absolute atomic E-state index is 0.207. The highest BCUT2D eigenvalue weighted by molar-refractivity contribution is 6.01. The van der Waals surface area contributed by atoms with Crippen molar-refractivity contribution in [3.05, 3.63) is 253 Å². The Bertz CT molecular complexity index is 2970. The molecule has 0 bridgehead atoms. The second kappa shape index (κ2) is 15.7. The van der Waals surface area contributed by atoms with Crippen LogP contribution in [0.3, 0.4) is 0 Å². The first-order chi connectivity index (χ1) is 30.3. The van der Waals surface area contributed by atoms with Gasteiger partial charge in [0.1, 0.15) is 0 Å². The Hall–Kier alpha value is -7.88. The molecule has 10 aromatic rings. The molecule has 0 saturated heterocycles. The molecule has 3 heteroatoms. The Balaban J connectivity index is 1.10. The van der Waals surface area contributed by atoms with Gasteiger partial charge in [-0.1, -0.05) is 158 Å². The molecule has 1 aliphatic carbocycles. The van der Waals surface area contributed by atoms with Gasteiger partial charge in [0.2, 0.25) is 0 Å². The number of nitrogens with zero attached hydrogens (tertiary/aromatic N) is 3. The summed E-state index contributed by atoms with van der Waals surface area (Å²) in [6.45, 7) is 0. The highest BCUT2D eigenvalue weighted by Gasteiger charge is 2.26. The van der Waals surface area contributed by atoms with Gasteiger partial charge in [-0.3, -0.25) is 0 Å². The van der Waals surface area contributed by atoms with Crippen molar-refractivity contribution in [2.45, 2.75) is 12.3 Å². The maximum atomic E-state index is 2.47. The molecule has 1 aliphatic rings. The third-order valence-corrected chi connectivity index (χ3v) is 12.1. The smallest absolute Gasteiger partial charge is 0.0537 e. The van der Waals surface area contributed by atoms with Crippen molar-refractivity contribution in [1.82, 2.24) is 4.57 Å². The second-order valence-corrected chi connectivity index (χ2v) is 15.7. The predicted molar refractivity (Wildman–Crippen MR) is 258 cm³/mol. The van der Waals surface area contributed by atoms with Gasteiger partial charge in [0.15, 0.2) is 0 Å². The van der Waals surface area contributed by atoms with E-state index in [4.69, 9.17) is 0 Å². The van der Waals surface area contributed by atoms with E-state index in [9.17, 15) is 0 Å². The van der Waals surface area contributed by atoms with E-state index in [1.165, 1.54) is 49.7 Å². The van der Waals surface area contributed by atoms with Gasteiger partial charge >= 0.3 is 0 Å². The van der Waals surface area contributed by atoms with E-state index in [1.54, 1.807) is 0 Å². The summed E-state index contributed by atoms with van der Waals surface area (Å²) < 4.78 is 2.47. The van der Waals surface area contributed by atoms with Crippen LogP contribution in [-0.2, 0) is 6.42 Å². The molecule has 3 nitrogen and oxygen atoms in total. The van der Waals surface area contributed by atoms with Crippen molar-refractivity contribution < 1.29 is 0 Å². The zero-order valence-electron chi connectivity index (χ0n) is 33.7. The van der Waals surface area contributed by atoms with Crippen LogP contribution >= 0.6 is 0 Å². The fourth-order valence-corrected chi connectivity index (χ4v) is 9.39. The summed E-state index contributed by atoms with van der Waals surface area (Å²) >= 11 is 0. The molecule has 11 rings (SSSR count). The van der Waals surface area contributed by atoms with E-state index >= 15 is 0 Å². The summed E-state index contributed by atoms with van der Waals surface area (Å²) in [4.78, 5) is 4.74. The molecule has 1 heterocycles. The van der Waals surface area contributed by atoms with E-state index in [0.717, 1.165) is 46.1 Å². The number of fused-ring (bicyclic) bond motifs is 4. The van der Waals surface area contributed by atoms with Crippen LogP contribution < -0.4 is 9.80 Å². The first-order valence-electron chi connectivity index (χ1n) is 21.1. The van der Waals surface area contributed by atoms with Gasteiger partial charge in [-0.15, -0.1) is 0 Å². The number of allylic oxidation sites excluding steroid dienone is 1. The van der Waals surface area contributed by atoms with Crippen molar-refractivity contribution in [2.75, 3.05) is 9.80 Å². The van der Waals surface area contributed by atoms with Gasteiger partial charge in [0, 0.05) is 62.4 Å². The third kappa shape index (κ3) is 6.67. The Morgan fingerprint density at radius 2 is 0.852 bits per heavy atom. The van der Waals surface area contributed by atoms with E-state index in [-0.39, 0.29) is 5.92 Å². The van der Waals surface area contributed by atoms with Crippen LogP contribution in [0.25, 0.3) is 44.6 Å². The first kappa shape index (κ1) is 36.2. The Morgan fingerprint density at radius 1 is 0.393 bits per heavy atom. The fraction of sp³-hybridized carbons (Fsp3) is 0.0345. The molecule has 0 amide bonds. The SMILES string of the molecule is C1=CC(c2ccc(-c3cc(N(c4ccccc4)c4ccccc4)cc(N(c4ccccc4)c4ccccc4)c3)c3ccccc23)Cc2c1c1ccccc1n2-c1ccccc1. The van der Waals surface area contributed by atoms with Gasteiger partial charge in [-0.25, -0.2) is 0 Å². The monoisotopic (exact) mass is 781 g/mol. The molecular formula is C58H43N3. The quantitative estimate of drug-likeness (QED) is 0.144. The molecule has 0 spiro atoms. The highest BCUT2D eigenvalue weighted by Crippen LogP contribution is 2.46. The topological polar surface area (TPSA) is 11.4 Å². The van der Waals surface area contributed by atoms with Crippen LogP contribution in [0.15, 0.2) is 237 Å². The molecule has 1 aromatic heterocycles. The van der Waals surface area contributed by atoms with Crippen molar-refractivity contribution in [1.29, 1.82) is 0 Å². The van der Waals surface area contributed by atoms with Crippen molar-refractivity contribution in [3.8, 4) is 16.8 Å². The molecule has 0 radical (unpaired) electrons. The average Bonchev–Trinajstić information content (AvgIpc) is 3.67. The number of anilines is 6. The first-order valence-corrected chi connectivity index (χ1v) is 21.1. The molecule has 0 aliphatic heterocycles. The average molecular weight is 782 g/mol. The lowest BCUT2D eigenvalue weighted by molar-refractivity contribution is 0.788. The molecule has 0 saturated carbocycles. The van der Waals surface area contributed by atoms with Crippen LogP contribution in [0, 0.1) is 0 Å². The van der Waals surface area contributed by atoms with Gasteiger partial charge in [-0.05, 0) is 119 Å². The largest absolute Gasteiger partial charge is 0.313 e. The Labute approximate surface area is 357 Å². The second-order valence-electron chi connectivity index (χ2n) is 15.7. The van der Waals surface area contributed by atoms with Crippen LogP contribution in [-0.4, -0.2) is 4.57 Å². The van der Waals surface area contributed by atoms with E-state index < -0.39 is 0 Å². The predicted octanol–water partition coefficient (Wildman–Crippen LogP) is 15.7. The molecule has 0 N–H and O–H groups in total. The lowest BCUT2D eigenvalue weighted by Gasteiger charge is -2.30. The third-order valence-electron chi connectivity index (χ3n) is 12.1. The van der Waals surface area contributed by atoms with Gasteiger partial charge < -0.3 is 14.4 Å². The van der Waals surface area contributed by atoms with Crippen molar-refractivity contribution in [3.63, 3.8) is 0 Å². The molecule has 290 valence electrons. The molecular weight excluding hydrogens is 739 g/mol. The van der Waals surface area contributed by atoms with Gasteiger partial charge in [0.05, 0.1) is 5.52 Å². The maximum Gasteiger partial charge on any atom is 0.0537 e. The number of rotatable bonds is 9. The summed E-state index contributed by atoms with van der Waals surface area (Å²) in [7, 11) is 0. The summed E-state index contributed by atoms with van der Waals surface area (Å²) in [5.74, 6) is 0.207. The number of hydrogen-bond donors (Lipinski definition) is 0. The maximum absolute atomic E-state index is 2.47. The zero-order valence-corrected chi connectivity index (χ0v) is 33.7. The number of aromatic nitrogens is 1. The van der Waals surface area contributed by atoms with Crippen LogP contribution in [0.4, 0.5) is 34.1 Å². The van der Waals surface area contributed by atoms with Crippen molar-refractivity contribution >= 4 is 61.9 Å². The normalized spacial score (nSPS) is 13.3. The van der Waals surface area contributed by atoms with Crippen molar-refractivity contribution in [2.24, 2.45) is 0 Å². The van der Waals surface area contributed by atoms with E-state index in [1.807, 2.05) is 0 Å². The number of benzene rings is 9. The van der Waals surface area contributed by atoms with Gasteiger partial charge in [-0.2, -0.15) is 0 Å². The molecule has 9 aromatic carbocycles. The van der Waals surface area contributed by atoms with E-state index in [0.29, 0.717) is 0 Å². The van der Waals surface area contributed by atoms with Gasteiger partial charge in [0.25, 0.3) is 0 Å². The summed E-state index contributed by atoms with van der Waals surface area (Å²) in [5, 5.41) is 3.81. The summed E-state index contributed by atoms with van der Waals surface area (Å²) in [6.07, 6.45) is 5.71. The highest BCUT2D eigenvalue weighted by atomic mass is 15.2. The van der Waals surface area contributed by atoms with Crippen LogP contribution in [0.1, 0.15) is 22.7 Å². The number of hydrogen-bond acceptors (Lipinski definition) is 2. The molecule has 1 unspecified atom stereocenters. The lowest BCUT2D eigenvalue weighted by atomic mass is 9.83. The minimum atomic E-state index is 0.207. The summed E-state index contributed by atoms with van der Waals surface area (Å²) in [6, 6.07) is 83.2. The van der Waals surface area contributed by atoms with Crippen LogP contribution in [0.5, 0.6) is 0 Å². The molecule has 61 heavy (non-hydrogen) atoms. The standard InChI is InChI=1S/C58H43N3/c1-6-20-44(21-7-1)59(45-22-8-2-9-23-45)49-38-43(39-50(41-49)60(46-24-10-3-11-25-46)47-26-12-4-13-27-47)52-37-36-51(53-30-16-17-31-54(52)53)42-34-35-56-55-32-18-19-33-57(55)61(58(56)40-42)48-28-14-5-15-29-48/h1-39,41-42H,40H2. The number of para-hydroxylation sites is 6. The molecule has 1 atom stereocenters. The van der Waals surface area contributed by atoms with Crippen LogP contribution in [0.2, 0.25) is 0 Å². The lowest BCUT2D eigenvalue weighted by Crippen LogP contribution is -2.13. The van der Waals surface area contributed by atoms with E-state index in [2.05, 4.69) is 257 Å². The zero-order chi connectivity index (χ0) is 40.5. The minimum Gasteiger partial charge on any atom is -0.313 e.